The third-order valence-electron chi connectivity index (χ3n) is 2.13. The lowest BCUT2D eigenvalue weighted by molar-refractivity contribution is 0.199. The first-order chi connectivity index (χ1) is 6.02. The van der Waals surface area contributed by atoms with Crippen LogP contribution in [0.25, 0.3) is 0 Å². The standard InChI is InChI=1S/C11H15ClO/c1-7(2)10-5-4-9(8(3)13)6-11(10)12/h4-8,13H,1-3H3. The van der Waals surface area contributed by atoms with Crippen LogP contribution in [0.5, 0.6) is 0 Å². The van der Waals surface area contributed by atoms with E-state index in [1.165, 1.54) is 0 Å². The van der Waals surface area contributed by atoms with Gasteiger partial charge in [-0.05, 0) is 30.0 Å². The summed E-state index contributed by atoms with van der Waals surface area (Å²) in [5.74, 6) is 0.426. The minimum absolute atomic E-state index is 0.426. The maximum Gasteiger partial charge on any atom is 0.0762 e. The van der Waals surface area contributed by atoms with Crippen LogP contribution in [-0.2, 0) is 0 Å². The minimum Gasteiger partial charge on any atom is -0.389 e. The van der Waals surface area contributed by atoms with Gasteiger partial charge in [0.1, 0.15) is 0 Å². The number of hydrogen-bond acceptors (Lipinski definition) is 1. The lowest BCUT2D eigenvalue weighted by Crippen LogP contribution is -1.94. The van der Waals surface area contributed by atoms with Gasteiger partial charge in [-0.25, -0.2) is 0 Å². The van der Waals surface area contributed by atoms with E-state index in [-0.39, 0.29) is 0 Å². The van der Waals surface area contributed by atoms with Crippen LogP contribution in [0.15, 0.2) is 18.2 Å². The van der Waals surface area contributed by atoms with Crippen LogP contribution in [0, 0.1) is 0 Å². The molecular formula is C11H15ClO. The Bertz CT molecular complexity index is 292. The van der Waals surface area contributed by atoms with Gasteiger partial charge in [0, 0.05) is 5.02 Å². The fourth-order valence-electron chi connectivity index (χ4n) is 1.27. The predicted molar refractivity (Wildman–Crippen MR) is 56.2 cm³/mol. The van der Waals surface area contributed by atoms with Gasteiger partial charge in [0.25, 0.3) is 0 Å². The highest BCUT2D eigenvalue weighted by atomic mass is 35.5. The van der Waals surface area contributed by atoms with Gasteiger partial charge >= 0.3 is 0 Å². The van der Waals surface area contributed by atoms with Gasteiger partial charge in [-0.3, -0.25) is 0 Å². The average molecular weight is 199 g/mol. The zero-order valence-corrected chi connectivity index (χ0v) is 8.97. The average Bonchev–Trinajstić information content (AvgIpc) is 2.03. The molecule has 0 aliphatic carbocycles. The van der Waals surface area contributed by atoms with Crippen molar-refractivity contribution in [2.24, 2.45) is 0 Å². The van der Waals surface area contributed by atoms with Crippen LogP contribution in [0.1, 0.15) is 43.9 Å². The monoisotopic (exact) mass is 198 g/mol. The second kappa shape index (κ2) is 4.12. The van der Waals surface area contributed by atoms with Crippen LogP contribution in [-0.4, -0.2) is 5.11 Å². The highest BCUT2D eigenvalue weighted by molar-refractivity contribution is 6.31. The Hall–Kier alpha value is -0.530. The van der Waals surface area contributed by atoms with E-state index in [9.17, 15) is 5.11 Å². The van der Waals surface area contributed by atoms with E-state index >= 15 is 0 Å². The van der Waals surface area contributed by atoms with Gasteiger partial charge in [0.05, 0.1) is 6.10 Å². The molecule has 13 heavy (non-hydrogen) atoms. The maximum atomic E-state index is 9.32. The largest absolute Gasteiger partial charge is 0.389 e. The third-order valence-corrected chi connectivity index (χ3v) is 2.46. The van der Waals surface area contributed by atoms with E-state index in [0.29, 0.717) is 5.92 Å². The van der Waals surface area contributed by atoms with Gasteiger partial charge < -0.3 is 5.11 Å². The lowest BCUT2D eigenvalue weighted by atomic mass is 10.0. The van der Waals surface area contributed by atoms with E-state index < -0.39 is 6.10 Å². The molecule has 1 aromatic rings. The summed E-state index contributed by atoms with van der Waals surface area (Å²) < 4.78 is 0. The first-order valence-corrected chi connectivity index (χ1v) is 4.87. The van der Waals surface area contributed by atoms with Crippen molar-refractivity contribution in [1.29, 1.82) is 0 Å². The highest BCUT2D eigenvalue weighted by Gasteiger charge is 2.07. The second-order valence-corrected chi connectivity index (χ2v) is 4.02. The van der Waals surface area contributed by atoms with Gasteiger partial charge in [-0.2, -0.15) is 0 Å². The number of benzene rings is 1. The zero-order valence-electron chi connectivity index (χ0n) is 8.21. The molecule has 0 spiro atoms. The van der Waals surface area contributed by atoms with Crippen molar-refractivity contribution in [1.82, 2.24) is 0 Å². The number of rotatable bonds is 2. The zero-order chi connectivity index (χ0) is 10.0. The SMILES string of the molecule is CC(C)c1ccc(C(C)O)cc1Cl. The minimum atomic E-state index is -0.446. The predicted octanol–water partition coefficient (Wildman–Crippen LogP) is 3.52. The van der Waals surface area contributed by atoms with Crippen molar-refractivity contribution >= 4 is 11.6 Å². The fourth-order valence-corrected chi connectivity index (χ4v) is 1.68. The van der Waals surface area contributed by atoms with Gasteiger partial charge in [0.2, 0.25) is 0 Å². The van der Waals surface area contributed by atoms with Crippen LogP contribution in [0.3, 0.4) is 0 Å². The molecule has 1 N–H and O–H groups in total. The Morgan fingerprint density at radius 1 is 1.23 bits per heavy atom. The quantitative estimate of drug-likeness (QED) is 0.771. The van der Waals surface area contributed by atoms with Crippen LogP contribution in [0.4, 0.5) is 0 Å². The summed E-state index contributed by atoms with van der Waals surface area (Å²) in [6, 6.07) is 5.74. The molecule has 1 nitrogen and oxygen atoms in total. The number of aliphatic hydroxyl groups is 1. The van der Waals surface area contributed by atoms with E-state index in [0.717, 1.165) is 16.1 Å². The molecule has 0 aliphatic rings. The number of aliphatic hydroxyl groups excluding tert-OH is 1. The molecule has 0 radical (unpaired) electrons. The summed E-state index contributed by atoms with van der Waals surface area (Å²) in [6.45, 7) is 5.94. The van der Waals surface area contributed by atoms with Crippen LogP contribution >= 0.6 is 11.6 Å². The van der Waals surface area contributed by atoms with E-state index in [1.807, 2.05) is 18.2 Å². The summed E-state index contributed by atoms with van der Waals surface area (Å²) in [7, 11) is 0. The first kappa shape index (κ1) is 10.6. The van der Waals surface area contributed by atoms with Gasteiger partial charge in [0.15, 0.2) is 0 Å². The van der Waals surface area contributed by atoms with Gasteiger partial charge in [-0.15, -0.1) is 0 Å². The summed E-state index contributed by atoms with van der Waals surface area (Å²) >= 11 is 6.06. The summed E-state index contributed by atoms with van der Waals surface area (Å²) in [6.07, 6.45) is -0.446. The second-order valence-electron chi connectivity index (χ2n) is 3.61. The summed E-state index contributed by atoms with van der Waals surface area (Å²) in [4.78, 5) is 0. The first-order valence-electron chi connectivity index (χ1n) is 4.49. The summed E-state index contributed by atoms with van der Waals surface area (Å²) in [5.41, 5.74) is 2.00. The molecule has 0 saturated carbocycles. The van der Waals surface area contributed by atoms with E-state index in [4.69, 9.17) is 11.6 Å². The molecule has 2 heteroatoms. The molecule has 0 saturated heterocycles. The van der Waals surface area contributed by atoms with E-state index in [2.05, 4.69) is 13.8 Å². The van der Waals surface area contributed by atoms with E-state index in [1.54, 1.807) is 6.92 Å². The van der Waals surface area contributed by atoms with Crippen LogP contribution < -0.4 is 0 Å². The summed E-state index contributed by atoms with van der Waals surface area (Å²) in [5, 5.41) is 10.1. The van der Waals surface area contributed by atoms with Crippen molar-refractivity contribution in [2.75, 3.05) is 0 Å². The molecule has 72 valence electrons. The molecule has 0 heterocycles. The topological polar surface area (TPSA) is 20.2 Å². The molecule has 1 unspecified atom stereocenters. The Morgan fingerprint density at radius 2 is 1.85 bits per heavy atom. The van der Waals surface area contributed by atoms with Crippen molar-refractivity contribution in [3.8, 4) is 0 Å². The molecule has 0 amide bonds. The Labute approximate surface area is 84.4 Å². The highest BCUT2D eigenvalue weighted by Crippen LogP contribution is 2.27. The Kier molecular flexibility index (Phi) is 3.34. The Morgan fingerprint density at radius 3 is 2.23 bits per heavy atom. The molecule has 0 aliphatic heterocycles. The fraction of sp³-hybridized carbons (Fsp3) is 0.455. The normalized spacial score (nSPS) is 13.4. The van der Waals surface area contributed by atoms with Gasteiger partial charge in [-0.1, -0.05) is 37.6 Å². The van der Waals surface area contributed by atoms with Crippen molar-refractivity contribution < 1.29 is 5.11 Å². The molecule has 1 rings (SSSR count). The number of hydrogen-bond donors (Lipinski definition) is 1. The molecular weight excluding hydrogens is 184 g/mol. The maximum absolute atomic E-state index is 9.32. The Balaban J connectivity index is 3.06. The molecule has 1 aromatic carbocycles. The van der Waals surface area contributed by atoms with Crippen LogP contribution in [0.2, 0.25) is 5.02 Å². The molecule has 0 bridgehead atoms. The van der Waals surface area contributed by atoms with Crippen molar-refractivity contribution in [3.05, 3.63) is 34.3 Å². The number of halogens is 1. The molecule has 0 fully saturated rings. The smallest absolute Gasteiger partial charge is 0.0762 e. The third kappa shape index (κ3) is 2.45. The lowest BCUT2D eigenvalue weighted by Gasteiger charge is -2.11. The molecule has 1 atom stereocenters. The van der Waals surface area contributed by atoms with Crippen molar-refractivity contribution in [3.63, 3.8) is 0 Å². The van der Waals surface area contributed by atoms with Crippen molar-refractivity contribution in [2.45, 2.75) is 32.8 Å². The molecule has 0 aromatic heterocycles.